The summed E-state index contributed by atoms with van der Waals surface area (Å²) in [6, 6.07) is -0.305. The van der Waals surface area contributed by atoms with Crippen molar-refractivity contribution in [3.63, 3.8) is 0 Å². The highest BCUT2D eigenvalue weighted by Gasteiger charge is 2.06. The molecule has 0 aliphatic carbocycles. The highest BCUT2D eigenvalue weighted by Crippen LogP contribution is 1.90. The lowest BCUT2D eigenvalue weighted by Gasteiger charge is -2.09. The zero-order chi connectivity index (χ0) is 6.57. The normalized spacial score (nSPS) is 17.4. The minimum absolute atomic E-state index is 0.137. The minimum Gasteiger partial charge on any atom is -0.391 e. The van der Waals surface area contributed by atoms with Gasteiger partial charge < -0.3 is 15.6 Å². The molecule has 0 rings (SSSR count). The number of aliphatic hydroxyl groups is 1. The van der Waals surface area contributed by atoms with E-state index in [1.54, 1.807) is 6.92 Å². The summed E-state index contributed by atoms with van der Waals surface area (Å²) in [5.41, 5.74) is 5.21. The first-order chi connectivity index (χ1) is 3.68. The van der Waals surface area contributed by atoms with E-state index in [4.69, 9.17) is 10.8 Å². The van der Waals surface area contributed by atoms with Gasteiger partial charge in [0, 0.05) is 12.5 Å². The summed E-state index contributed by atoms with van der Waals surface area (Å²) in [7, 11) is 0. The van der Waals surface area contributed by atoms with Crippen molar-refractivity contribution in [1.29, 1.82) is 0 Å². The maximum atomic E-state index is 9.70. The fourth-order valence-electron chi connectivity index (χ4n) is 0.313. The van der Waals surface area contributed by atoms with Crippen LogP contribution in [0.5, 0.6) is 0 Å². The molecule has 3 N–H and O–H groups in total. The number of hydrogen-bond acceptors (Lipinski definition) is 3. The van der Waals surface area contributed by atoms with E-state index in [2.05, 4.69) is 0 Å². The van der Waals surface area contributed by atoms with Crippen LogP contribution in [0.25, 0.3) is 0 Å². The Balaban J connectivity index is 3.30. The Bertz CT molecular complexity index is 72.8. The largest absolute Gasteiger partial charge is 0.391 e. The topological polar surface area (TPSA) is 63.3 Å². The molecule has 2 unspecified atom stereocenters. The van der Waals surface area contributed by atoms with E-state index >= 15 is 0 Å². The van der Waals surface area contributed by atoms with E-state index in [0.717, 1.165) is 0 Å². The van der Waals surface area contributed by atoms with Gasteiger partial charge >= 0.3 is 0 Å². The summed E-state index contributed by atoms with van der Waals surface area (Å²) in [4.78, 5) is 9.70. The van der Waals surface area contributed by atoms with Gasteiger partial charge in [-0.25, -0.2) is 0 Å². The summed E-state index contributed by atoms with van der Waals surface area (Å²) in [6.07, 6.45) is 0.124. The van der Waals surface area contributed by atoms with Gasteiger partial charge in [-0.1, -0.05) is 0 Å². The molecule has 8 heavy (non-hydrogen) atoms. The molecule has 0 bridgehead atoms. The molecule has 0 aromatic heterocycles. The van der Waals surface area contributed by atoms with Crippen LogP contribution in [-0.2, 0) is 4.79 Å². The predicted molar refractivity (Wildman–Crippen MR) is 30.3 cm³/mol. The number of aliphatic hydroxyl groups excluding tert-OH is 1. The fraction of sp³-hybridized carbons (Fsp3) is 0.800. The first-order valence-electron chi connectivity index (χ1n) is 2.55. The maximum Gasteiger partial charge on any atom is 0.122 e. The third-order valence-electron chi connectivity index (χ3n) is 0.945. The molecule has 0 aromatic carbocycles. The van der Waals surface area contributed by atoms with Crippen molar-refractivity contribution in [2.24, 2.45) is 5.73 Å². The third-order valence-corrected chi connectivity index (χ3v) is 0.945. The van der Waals surface area contributed by atoms with Crippen LogP contribution in [0.2, 0.25) is 0 Å². The molecule has 0 aliphatic heterocycles. The lowest BCUT2D eigenvalue weighted by atomic mass is 10.1. The number of hydrogen-bond donors (Lipinski definition) is 2. The second-order valence-corrected chi connectivity index (χ2v) is 1.83. The van der Waals surface area contributed by atoms with Gasteiger partial charge in [-0.3, -0.25) is 0 Å². The molecule has 3 heteroatoms. The number of rotatable bonds is 3. The molecule has 0 aliphatic rings. The van der Waals surface area contributed by atoms with Gasteiger partial charge in [0.2, 0.25) is 0 Å². The van der Waals surface area contributed by atoms with Crippen LogP contribution >= 0.6 is 0 Å². The second-order valence-electron chi connectivity index (χ2n) is 1.83. The SMILES string of the molecule is CC(N)C(O)CC=O. The number of carbonyl (C=O) groups excluding carboxylic acids is 1. The van der Waals surface area contributed by atoms with E-state index in [-0.39, 0.29) is 12.5 Å². The Kier molecular flexibility index (Phi) is 3.39. The van der Waals surface area contributed by atoms with E-state index in [9.17, 15) is 4.79 Å². The van der Waals surface area contributed by atoms with Gasteiger partial charge in [-0.05, 0) is 6.92 Å². The summed E-state index contributed by atoms with van der Waals surface area (Å²) >= 11 is 0. The summed E-state index contributed by atoms with van der Waals surface area (Å²) < 4.78 is 0. The van der Waals surface area contributed by atoms with Crippen LogP contribution in [0.3, 0.4) is 0 Å². The van der Waals surface area contributed by atoms with E-state index in [1.807, 2.05) is 0 Å². The van der Waals surface area contributed by atoms with Crippen molar-refractivity contribution >= 4 is 6.29 Å². The van der Waals surface area contributed by atoms with Gasteiger partial charge in [0.05, 0.1) is 6.10 Å². The predicted octanol–water partition coefficient (Wildman–Crippen LogP) is -0.717. The molecule has 0 saturated heterocycles. The zero-order valence-electron chi connectivity index (χ0n) is 4.87. The molecule has 0 spiro atoms. The summed E-state index contributed by atoms with van der Waals surface area (Å²) in [5.74, 6) is 0. The molecule has 3 nitrogen and oxygen atoms in total. The average Bonchev–Trinajstić information content (AvgIpc) is 1.67. The van der Waals surface area contributed by atoms with Gasteiger partial charge in [0.15, 0.2) is 0 Å². The number of carbonyl (C=O) groups is 1. The Morgan fingerprint density at radius 1 is 1.88 bits per heavy atom. The summed E-state index contributed by atoms with van der Waals surface area (Å²) in [5, 5.41) is 8.77. The maximum absolute atomic E-state index is 9.70. The number of nitrogens with two attached hydrogens (primary N) is 1. The molecule has 0 aromatic rings. The zero-order valence-corrected chi connectivity index (χ0v) is 4.87. The lowest BCUT2D eigenvalue weighted by molar-refractivity contribution is -0.109. The molecule has 0 heterocycles. The van der Waals surface area contributed by atoms with Crippen molar-refractivity contribution in [3.05, 3.63) is 0 Å². The van der Waals surface area contributed by atoms with E-state index in [0.29, 0.717) is 6.29 Å². The van der Waals surface area contributed by atoms with Gasteiger partial charge in [0.1, 0.15) is 6.29 Å². The third kappa shape index (κ3) is 2.71. The Morgan fingerprint density at radius 3 is 2.50 bits per heavy atom. The van der Waals surface area contributed by atoms with Crippen LogP contribution in [0.4, 0.5) is 0 Å². The van der Waals surface area contributed by atoms with Crippen molar-refractivity contribution in [1.82, 2.24) is 0 Å². The molecule has 0 saturated carbocycles. The second kappa shape index (κ2) is 3.57. The van der Waals surface area contributed by atoms with Crippen LogP contribution in [-0.4, -0.2) is 23.5 Å². The van der Waals surface area contributed by atoms with E-state index in [1.165, 1.54) is 0 Å². The molecule has 0 amide bonds. The van der Waals surface area contributed by atoms with Crippen LogP contribution in [0, 0.1) is 0 Å². The monoisotopic (exact) mass is 117 g/mol. The molecular formula is C5H11NO2. The molecule has 0 fully saturated rings. The molecule has 0 radical (unpaired) electrons. The highest BCUT2D eigenvalue weighted by molar-refractivity contribution is 5.50. The first kappa shape index (κ1) is 7.59. The van der Waals surface area contributed by atoms with Gasteiger partial charge in [-0.15, -0.1) is 0 Å². The standard InChI is InChI=1S/C5H11NO2/c1-4(6)5(8)2-3-7/h3-5,8H,2,6H2,1H3. The first-order valence-corrected chi connectivity index (χ1v) is 2.55. The van der Waals surface area contributed by atoms with Gasteiger partial charge in [-0.2, -0.15) is 0 Å². The lowest BCUT2D eigenvalue weighted by Crippen LogP contribution is -2.31. The van der Waals surface area contributed by atoms with Crippen molar-refractivity contribution in [3.8, 4) is 0 Å². The van der Waals surface area contributed by atoms with Crippen molar-refractivity contribution in [2.75, 3.05) is 0 Å². The van der Waals surface area contributed by atoms with Crippen molar-refractivity contribution in [2.45, 2.75) is 25.5 Å². The van der Waals surface area contributed by atoms with E-state index < -0.39 is 6.10 Å². The molecule has 2 atom stereocenters. The Hall–Kier alpha value is -0.410. The average molecular weight is 117 g/mol. The van der Waals surface area contributed by atoms with Crippen LogP contribution in [0.1, 0.15) is 13.3 Å². The van der Waals surface area contributed by atoms with Gasteiger partial charge in [0.25, 0.3) is 0 Å². The number of aldehydes is 1. The fourth-order valence-corrected chi connectivity index (χ4v) is 0.313. The Labute approximate surface area is 48.5 Å². The smallest absolute Gasteiger partial charge is 0.122 e. The molecular weight excluding hydrogens is 106 g/mol. The molecule has 48 valence electrons. The highest BCUT2D eigenvalue weighted by atomic mass is 16.3. The summed E-state index contributed by atoms with van der Waals surface area (Å²) in [6.45, 7) is 1.66. The quantitative estimate of drug-likeness (QED) is 0.480. The Morgan fingerprint density at radius 2 is 2.38 bits per heavy atom. The van der Waals surface area contributed by atoms with Crippen molar-refractivity contribution < 1.29 is 9.90 Å². The van der Waals surface area contributed by atoms with Crippen LogP contribution in [0.15, 0.2) is 0 Å². The van der Waals surface area contributed by atoms with Crippen LogP contribution < -0.4 is 5.73 Å². The minimum atomic E-state index is -0.674.